The molecule has 152 valence electrons. The van der Waals surface area contributed by atoms with Crippen LogP contribution in [0.4, 0.5) is 5.69 Å². The quantitative estimate of drug-likeness (QED) is 0.520. The molecule has 1 saturated heterocycles. The third-order valence-electron chi connectivity index (χ3n) is 4.81. The molecule has 1 fully saturated rings. The van der Waals surface area contributed by atoms with Gasteiger partial charge in [-0.2, -0.15) is 0 Å². The zero-order chi connectivity index (χ0) is 19.9. The number of thioether (sulfide) groups is 1. The van der Waals surface area contributed by atoms with Crippen molar-refractivity contribution in [1.29, 1.82) is 0 Å². The van der Waals surface area contributed by atoms with Crippen LogP contribution in [0.3, 0.4) is 0 Å². The summed E-state index contributed by atoms with van der Waals surface area (Å²) >= 11 is 1.75. The van der Waals surface area contributed by atoms with Gasteiger partial charge < -0.3 is 9.64 Å². The lowest BCUT2D eigenvalue weighted by Gasteiger charge is -2.36. The van der Waals surface area contributed by atoms with E-state index in [4.69, 9.17) is 4.74 Å². The van der Waals surface area contributed by atoms with Gasteiger partial charge in [0.1, 0.15) is 5.78 Å². The molecule has 27 heavy (non-hydrogen) atoms. The molecule has 1 aromatic rings. The summed E-state index contributed by atoms with van der Waals surface area (Å²) in [5, 5.41) is 0. The van der Waals surface area contributed by atoms with Crippen LogP contribution in [0.25, 0.3) is 0 Å². The van der Waals surface area contributed by atoms with Gasteiger partial charge in [-0.1, -0.05) is 39.3 Å². The predicted octanol–water partition coefficient (Wildman–Crippen LogP) is 5.50. The minimum atomic E-state index is 0.180. The highest BCUT2D eigenvalue weighted by molar-refractivity contribution is 8.01. The molecule has 0 amide bonds. The monoisotopic (exact) mass is 391 g/mol. The van der Waals surface area contributed by atoms with E-state index in [1.165, 1.54) is 11.3 Å². The summed E-state index contributed by atoms with van der Waals surface area (Å²) in [7, 11) is 0. The van der Waals surface area contributed by atoms with Gasteiger partial charge in [0.25, 0.3) is 0 Å². The molecule has 0 radical (unpaired) electrons. The summed E-state index contributed by atoms with van der Waals surface area (Å²) in [5.74, 6) is 1.05. The van der Waals surface area contributed by atoms with Crippen molar-refractivity contribution < 1.29 is 9.53 Å². The van der Waals surface area contributed by atoms with E-state index in [-0.39, 0.29) is 17.0 Å². The summed E-state index contributed by atoms with van der Waals surface area (Å²) in [6, 6.07) is 9.00. The third kappa shape index (κ3) is 8.69. The van der Waals surface area contributed by atoms with Crippen LogP contribution in [0.15, 0.2) is 24.3 Å². The number of hydrogen-bond acceptors (Lipinski definition) is 4. The molecule has 1 aliphatic rings. The summed E-state index contributed by atoms with van der Waals surface area (Å²) in [6.07, 6.45) is 5.72. The largest absolute Gasteiger partial charge is 0.372 e. The van der Waals surface area contributed by atoms with Gasteiger partial charge >= 0.3 is 0 Å². The fourth-order valence-electron chi connectivity index (χ4n) is 3.46. The Balaban J connectivity index is 1.65. The number of hydrogen-bond donors (Lipinski definition) is 0. The predicted molar refractivity (Wildman–Crippen MR) is 118 cm³/mol. The first-order chi connectivity index (χ1) is 12.7. The maximum Gasteiger partial charge on any atom is 0.142 e. The summed E-state index contributed by atoms with van der Waals surface area (Å²) in [5.41, 5.74) is 2.69. The first-order valence-corrected chi connectivity index (χ1v) is 11.4. The second-order valence-electron chi connectivity index (χ2n) is 8.83. The van der Waals surface area contributed by atoms with Crippen molar-refractivity contribution in [3.05, 3.63) is 29.8 Å². The number of carbonyl (C=O) groups excluding carboxylic acids is 1. The van der Waals surface area contributed by atoms with Crippen LogP contribution >= 0.6 is 11.8 Å². The highest BCUT2D eigenvalue weighted by Gasteiger charge is 2.22. The van der Waals surface area contributed by atoms with E-state index in [0.29, 0.717) is 11.5 Å². The lowest BCUT2D eigenvalue weighted by Crippen LogP contribution is -2.45. The third-order valence-corrected chi connectivity index (χ3v) is 6.14. The summed E-state index contributed by atoms with van der Waals surface area (Å²) in [6.45, 7) is 12.7. The second-order valence-corrected chi connectivity index (χ2v) is 10.6. The molecule has 2 rings (SSSR count). The highest BCUT2D eigenvalue weighted by Crippen LogP contribution is 2.24. The number of rotatable bonds is 9. The van der Waals surface area contributed by atoms with Crippen LogP contribution in [0.2, 0.25) is 0 Å². The topological polar surface area (TPSA) is 29.5 Å². The number of morpholine rings is 1. The van der Waals surface area contributed by atoms with Crippen molar-refractivity contribution in [1.82, 2.24) is 0 Å². The molecule has 0 unspecified atom stereocenters. The first-order valence-electron chi connectivity index (χ1n) is 10.4. The van der Waals surface area contributed by atoms with E-state index in [2.05, 4.69) is 63.8 Å². The Bertz CT molecular complexity index is 569. The number of benzene rings is 1. The molecule has 1 heterocycles. The molecule has 0 N–H and O–H groups in total. The Morgan fingerprint density at radius 3 is 2.30 bits per heavy atom. The van der Waals surface area contributed by atoms with Crippen LogP contribution in [0.1, 0.15) is 65.9 Å². The van der Waals surface area contributed by atoms with Crippen LogP contribution in [0, 0.1) is 0 Å². The molecule has 0 bridgehead atoms. The SMILES string of the molecule is C[C@@H]1CN(c2ccc(CCCCCC(=O)CSC(C)(C)C)cc2)C[C@H](C)O1. The standard InChI is InChI=1S/C23H37NO2S/c1-18-15-24(16-19(2)26-18)21-13-11-20(12-14-21)9-7-6-8-10-22(25)17-27-23(3,4)5/h11-14,18-19H,6-10,15-17H2,1-5H3/t18-,19+. The Morgan fingerprint density at radius 1 is 1.07 bits per heavy atom. The minimum Gasteiger partial charge on any atom is -0.372 e. The Labute approximate surface area is 170 Å². The first kappa shape index (κ1) is 22.3. The smallest absolute Gasteiger partial charge is 0.142 e. The lowest BCUT2D eigenvalue weighted by molar-refractivity contribution is -0.116. The molecular weight excluding hydrogens is 354 g/mol. The van der Waals surface area contributed by atoms with E-state index in [0.717, 1.165) is 45.2 Å². The van der Waals surface area contributed by atoms with E-state index < -0.39 is 0 Å². The van der Waals surface area contributed by atoms with E-state index in [1.54, 1.807) is 11.8 Å². The number of ether oxygens (including phenoxy) is 1. The number of nitrogens with zero attached hydrogens (tertiary/aromatic N) is 1. The number of Topliss-reactive ketones (excluding diaryl/α,β-unsaturated/α-hetero) is 1. The Hall–Kier alpha value is -1.00. The zero-order valence-corrected chi connectivity index (χ0v) is 18.6. The molecule has 4 heteroatoms. The fraction of sp³-hybridized carbons (Fsp3) is 0.696. The zero-order valence-electron chi connectivity index (χ0n) is 17.8. The van der Waals surface area contributed by atoms with Crippen molar-refractivity contribution in [2.24, 2.45) is 0 Å². The van der Waals surface area contributed by atoms with Crippen molar-refractivity contribution >= 4 is 23.2 Å². The number of ketones is 1. The van der Waals surface area contributed by atoms with Gasteiger partial charge in [0.15, 0.2) is 0 Å². The van der Waals surface area contributed by atoms with E-state index in [1.807, 2.05) is 0 Å². The molecule has 0 aromatic heterocycles. The van der Waals surface area contributed by atoms with Gasteiger partial charge in [0.05, 0.1) is 18.0 Å². The number of aryl methyl sites for hydroxylation is 1. The van der Waals surface area contributed by atoms with Crippen LogP contribution in [0.5, 0.6) is 0 Å². The summed E-state index contributed by atoms with van der Waals surface area (Å²) < 4.78 is 6.00. The van der Waals surface area contributed by atoms with Crippen molar-refractivity contribution in [2.75, 3.05) is 23.7 Å². The molecule has 2 atom stereocenters. The van der Waals surface area contributed by atoms with Gasteiger partial charge in [-0.15, -0.1) is 11.8 Å². The molecule has 3 nitrogen and oxygen atoms in total. The normalized spacial score (nSPS) is 20.7. The Kier molecular flexibility index (Phi) is 8.68. The lowest BCUT2D eigenvalue weighted by atomic mass is 10.0. The molecule has 0 aliphatic carbocycles. The van der Waals surface area contributed by atoms with Gasteiger partial charge in [-0.3, -0.25) is 4.79 Å². The van der Waals surface area contributed by atoms with Crippen molar-refractivity contribution in [3.63, 3.8) is 0 Å². The maximum atomic E-state index is 11.9. The Morgan fingerprint density at radius 2 is 1.70 bits per heavy atom. The van der Waals surface area contributed by atoms with Gasteiger partial charge in [0.2, 0.25) is 0 Å². The van der Waals surface area contributed by atoms with Crippen LogP contribution in [-0.2, 0) is 16.0 Å². The maximum absolute atomic E-state index is 11.9. The molecule has 0 saturated carbocycles. The van der Waals surface area contributed by atoms with Crippen LogP contribution < -0.4 is 4.90 Å². The number of unbranched alkanes of at least 4 members (excludes halogenated alkanes) is 2. The van der Waals surface area contributed by atoms with Gasteiger partial charge in [-0.25, -0.2) is 0 Å². The second kappa shape index (κ2) is 10.5. The highest BCUT2D eigenvalue weighted by atomic mass is 32.2. The van der Waals surface area contributed by atoms with Crippen molar-refractivity contribution in [3.8, 4) is 0 Å². The molecule has 0 spiro atoms. The molecular formula is C23H37NO2S. The minimum absolute atomic E-state index is 0.180. The van der Waals surface area contributed by atoms with Crippen LogP contribution in [-0.4, -0.2) is 41.6 Å². The number of anilines is 1. The molecule has 1 aromatic carbocycles. The van der Waals surface area contributed by atoms with Gasteiger partial charge in [0, 0.05) is 29.9 Å². The fourth-order valence-corrected chi connectivity index (χ4v) is 4.20. The average molecular weight is 392 g/mol. The van der Waals surface area contributed by atoms with E-state index in [9.17, 15) is 4.79 Å². The average Bonchev–Trinajstić information content (AvgIpc) is 2.59. The van der Waals surface area contributed by atoms with Crippen molar-refractivity contribution in [2.45, 2.75) is 83.7 Å². The number of carbonyl (C=O) groups is 1. The van der Waals surface area contributed by atoms with Gasteiger partial charge in [-0.05, 0) is 50.8 Å². The van der Waals surface area contributed by atoms with E-state index >= 15 is 0 Å². The summed E-state index contributed by atoms with van der Waals surface area (Å²) in [4.78, 5) is 14.3. The molecule has 1 aliphatic heterocycles.